The largest absolute Gasteiger partial charge is 0.493 e. The second-order valence-electron chi connectivity index (χ2n) is 9.71. The molecule has 0 bridgehead atoms. The topological polar surface area (TPSA) is 84.9 Å². The molecular formula is C30H31ClN2O5. The Kier molecular flexibility index (Phi) is 7.56. The summed E-state index contributed by atoms with van der Waals surface area (Å²) in [6, 6.07) is 12.3. The Morgan fingerprint density at radius 3 is 2.16 bits per heavy atom. The molecule has 1 heterocycles. The summed E-state index contributed by atoms with van der Waals surface area (Å²) >= 11 is 5.90. The second kappa shape index (κ2) is 11.0. The molecule has 2 aromatic carbocycles. The minimum atomic E-state index is -0.417. The van der Waals surface area contributed by atoms with Crippen molar-refractivity contribution in [3.63, 3.8) is 0 Å². The van der Waals surface area contributed by atoms with Crippen molar-refractivity contribution in [2.75, 3.05) is 25.6 Å². The number of hydrogen-bond donors (Lipinski definition) is 1. The van der Waals surface area contributed by atoms with Crippen LogP contribution in [0.2, 0.25) is 5.02 Å². The molecule has 198 valence electrons. The van der Waals surface area contributed by atoms with Crippen LogP contribution in [0.3, 0.4) is 0 Å². The SMILES string of the molecule is CCN1C2=C(C(=O)CCC2)C(c2ccc(OCC(=O)Nc3ccc(Cl)cc3)c(OC)c2)C2=C1CCCC2=O. The maximum absolute atomic E-state index is 13.3. The highest BCUT2D eigenvalue weighted by atomic mass is 35.5. The third kappa shape index (κ3) is 4.95. The number of amides is 1. The number of nitrogens with one attached hydrogen (secondary N) is 1. The molecule has 5 rings (SSSR count). The number of nitrogens with zero attached hydrogens (tertiary/aromatic N) is 1. The monoisotopic (exact) mass is 534 g/mol. The zero-order valence-electron chi connectivity index (χ0n) is 21.6. The Bertz CT molecular complexity index is 1300. The van der Waals surface area contributed by atoms with E-state index in [1.54, 1.807) is 30.3 Å². The first kappa shape index (κ1) is 26.0. The zero-order valence-corrected chi connectivity index (χ0v) is 22.4. The van der Waals surface area contributed by atoms with E-state index < -0.39 is 5.92 Å². The number of carbonyl (C=O) groups is 3. The van der Waals surface area contributed by atoms with Gasteiger partial charge in [-0.2, -0.15) is 0 Å². The molecule has 2 aliphatic carbocycles. The van der Waals surface area contributed by atoms with Gasteiger partial charge in [0.05, 0.1) is 7.11 Å². The average Bonchev–Trinajstić information content (AvgIpc) is 2.92. The lowest BCUT2D eigenvalue weighted by Crippen LogP contribution is -2.39. The molecule has 0 saturated carbocycles. The quantitative estimate of drug-likeness (QED) is 0.483. The first-order chi connectivity index (χ1) is 18.4. The second-order valence-corrected chi connectivity index (χ2v) is 10.1. The number of hydrogen-bond acceptors (Lipinski definition) is 6. The van der Waals surface area contributed by atoms with E-state index in [-0.39, 0.29) is 24.1 Å². The number of halogens is 1. The van der Waals surface area contributed by atoms with Crippen LogP contribution in [0.5, 0.6) is 11.5 Å². The smallest absolute Gasteiger partial charge is 0.262 e. The standard InChI is InChI=1S/C30H31ClN2O5/c1-3-33-21-6-4-8-23(34)29(21)28(30-22(33)7-5-9-24(30)35)18-10-15-25(26(16-18)37-2)38-17-27(36)32-20-13-11-19(31)12-14-20/h10-16,28H,3-9,17H2,1-2H3,(H,32,36). The first-order valence-corrected chi connectivity index (χ1v) is 13.4. The summed E-state index contributed by atoms with van der Waals surface area (Å²) in [6.07, 6.45) is 4.29. The number of carbonyl (C=O) groups excluding carboxylic acids is 3. The number of ketones is 2. The Hall–Kier alpha value is -3.58. The first-order valence-electron chi connectivity index (χ1n) is 13.1. The van der Waals surface area contributed by atoms with Gasteiger partial charge in [0.25, 0.3) is 5.91 Å². The van der Waals surface area contributed by atoms with Gasteiger partial charge < -0.3 is 19.7 Å². The van der Waals surface area contributed by atoms with E-state index >= 15 is 0 Å². The fourth-order valence-corrected chi connectivity index (χ4v) is 5.91. The summed E-state index contributed by atoms with van der Waals surface area (Å²) in [5, 5.41) is 3.35. The molecule has 1 amide bonds. The fourth-order valence-electron chi connectivity index (χ4n) is 5.79. The van der Waals surface area contributed by atoms with Crippen molar-refractivity contribution in [2.24, 2.45) is 0 Å². The van der Waals surface area contributed by atoms with Crippen LogP contribution in [0.4, 0.5) is 5.69 Å². The van der Waals surface area contributed by atoms with Gasteiger partial charge in [-0.15, -0.1) is 0 Å². The van der Waals surface area contributed by atoms with Crippen LogP contribution >= 0.6 is 11.6 Å². The number of rotatable bonds is 7. The van der Waals surface area contributed by atoms with Crippen molar-refractivity contribution in [1.29, 1.82) is 0 Å². The number of allylic oxidation sites excluding steroid dienone is 4. The van der Waals surface area contributed by atoms with Crippen LogP contribution in [0.25, 0.3) is 0 Å². The molecule has 0 spiro atoms. The average molecular weight is 535 g/mol. The van der Waals surface area contributed by atoms with Gasteiger partial charge in [-0.25, -0.2) is 0 Å². The Balaban J connectivity index is 1.44. The molecular weight excluding hydrogens is 504 g/mol. The molecule has 8 heteroatoms. The van der Waals surface area contributed by atoms with Crippen molar-refractivity contribution in [2.45, 2.75) is 51.4 Å². The molecule has 2 aromatic rings. The molecule has 0 aromatic heterocycles. The van der Waals surface area contributed by atoms with Crippen LogP contribution in [-0.4, -0.2) is 42.6 Å². The fraction of sp³-hybridized carbons (Fsp3) is 0.367. The van der Waals surface area contributed by atoms with Crippen LogP contribution in [0.1, 0.15) is 56.9 Å². The maximum Gasteiger partial charge on any atom is 0.262 e. The normalized spacial score (nSPS) is 17.8. The molecule has 0 unspecified atom stereocenters. The number of ether oxygens (including phenoxy) is 2. The lowest BCUT2D eigenvalue weighted by Gasteiger charge is -2.43. The summed E-state index contributed by atoms with van der Waals surface area (Å²) in [6.45, 7) is 2.60. The summed E-state index contributed by atoms with van der Waals surface area (Å²) in [7, 11) is 1.53. The molecule has 1 N–H and O–H groups in total. The van der Waals surface area contributed by atoms with E-state index in [0.29, 0.717) is 35.1 Å². The molecule has 0 fully saturated rings. The number of anilines is 1. The van der Waals surface area contributed by atoms with Crippen molar-refractivity contribution in [3.05, 3.63) is 75.6 Å². The van der Waals surface area contributed by atoms with Crippen LogP contribution < -0.4 is 14.8 Å². The van der Waals surface area contributed by atoms with E-state index in [1.165, 1.54) is 7.11 Å². The van der Waals surface area contributed by atoms with Crippen molar-refractivity contribution in [3.8, 4) is 11.5 Å². The molecule has 0 radical (unpaired) electrons. The van der Waals surface area contributed by atoms with E-state index in [2.05, 4.69) is 17.1 Å². The van der Waals surface area contributed by atoms with Crippen LogP contribution in [-0.2, 0) is 14.4 Å². The summed E-state index contributed by atoms with van der Waals surface area (Å²) in [5.74, 6) is 0.322. The van der Waals surface area contributed by atoms with Gasteiger partial charge in [0, 0.05) is 58.6 Å². The highest BCUT2D eigenvalue weighted by molar-refractivity contribution is 6.30. The third-order valence-corrected chi connectivity index (χ3v) is 7.66. The number of methoxy groups -OCH3 is 1. The predicted octanol–water partition coefficient (Wildman–Crippen LogP) is 5.80. The highest BCUT2D eigenvalue weighted by Crippen LogP contribution is 2.49. The van der Waals surface area contributed by atoms with Gasteiger partial charge in [0.15, 0.2) is 29.7 Å². The van der Waals surface area contributed by atoms with E-state index in [0.717, 1.165) is 60.3 Å². The van der Waals surface area contributed by atoms with Crippen molar-refractivity contribution < 1.29 is 23.9 Å². The third-order valence-electron chi connectivity index (χ3n) is 7.41. The van der Waals surface area contributed by atoms with Crippen molar-refractivity contribution >= 4 is 34.8 Å². The maximum atomic E-state index is 13.3. The molecule has 0 atom stereocenters. The van der Waals surface area contributed by atoms with E-state index in [9.17, 15) is 14.4 Å². The zero-order chi connectivity index (χ0) is 26.8. The molecule has 1 aliphatic heterocycles. The van der Waals surface area contributed by atoms with E-state index in [4.69, 9.17) is 21.1 Å². The number of benzene rings is 2. The Morgan fingerprint density at radius 2 is 1.58 bits per heavy atom. The predicted molar refractivity (Wildman–Crippen MR) is 145 cm³/mol. The van der Waals surface area contributed by atoms with Gasteiger partial charge >= 0.3 is 0 Å². The molecule has 0 saturated heterocycles. The lowest BCUT2D eigenvalue weighted by atomic mass is 9.71. The Morgan fingerprint density at radius 1 is 0.947 bits per heavy atom. The van der Waals surface area contributed by atoms with Gasteiger partial charge in [0.1, 0.15) is 0 Å². The minimum absolute atomic E-state index is 0.109. The molecule has 38 heavy (non-hydrogen) atoms. The number of Topliss-reactive ketones (excluding diaryl/α,β-unsaturated/α-hetero) is 2. The summed E-state index contributed by atoms with van der Waals surface area (Å²) < 4.78 is 11.4. The lowest BCUT2D eigenvalue weighted by molar-refractivity contribution is -0.118. The van der Waals surface area contributed by atoms with Gasteiger partial charge in [-0.3, -0.25) is 14.4 Å². The molecule has 7 nitrogen and oxygen atoms in total. The van der Waals surface area contributed by atoms with Crippen molar-refractivity contribution in [1.82, 2.24) is 4.90 Å². The van der Waals surface area contributed by atoms with Crippen LogP contribution in [0.15, 0.2) is 65.0 Å². The van der Waals surface area contributed by atoms with Gasteiger partial charge in [-0.05, 0) is 74.6 Å². The van der Waals surface area contributed by atoms with Gasteiger partial charge in [0.2, 0.25) is 0 Å². The van der Waals surface area contributed by atoms with Crippen LogP contribution in [0, 0.1) is 0 Å². The summed E-state index contributed by atoms with van der Waals surface area (Å²) in [4.78, 5) is 41.2. The Labute approximate surface area is 227 Å². The highest BCUT2D eigenvalue weighted by Gasteiger charge is 2.43. The van der Waals surface area contributed by atoms with E-state index in [1.807, 2.05) is 12.1 Å². The van der Waals surface area contributed by atoms with Gasteiger partial charge in [-0.1, -0.05) is 17.7 Å². The minimum Gasteiger partial charge on any atom is -0.493 e. The molecule has 3 aliphatic rings. The summed E-state index contributed by atoms with van der Waals surface area (Å²) in [5.41, 5.74) is 5.03.